The van der Waals surface area contributed by atoms with Crippen molar-refractivity contribution in [3.63, 3.8) is 0 Å². The Morgan fingerprint density at radius 1 is 1.36 bits per heavy atom. The van der Waals surface area contributed by atoms with Crippen molar-refractivity contribution in [1.29, 1.82) is 0 Å². The molecule has 1 aromatic rings. The zero-order valence-corrected chi connectivity index (χ0v) is 7.30. The van der Waals surface area contributed by atoms with Crippen LogP contribution in [0.4, 0.5) is 19.0 Å². The molecule has 1 aliphatic carbocycles. The SMILES string of the molecule is Nc1nccc(C2CC2)c1C(F)(F)F. The van der Waals surface area contributed by atoms with Crippen LogP contribution in [0.3, 0.4) is 0 Å². The second-order valence-corrected chi connectivity index (χ2v) is 3.43. The zero-order valence-electron chi connectivity index (χ0n) is 7.30. The summed E-state index contributed by atoms with van der Waals surface area (Å²) in [6.07, 6.45) is -1.44. The number of halogens is 3. The third kappa shape index (κ3) is 1.54. The Labute approximate surface area is 78.9 Å². The van der Waals surface area contributed by atoms with Gasteiger partial charge in [-0.05, 0) is 30.4 Å². The molecule has 0 amide bonds. The van der Waals surface area contributed by atoms with Crippen molar-refractivity contribution < 1.29 is 13.2 Å². The Morgan fingerprint density at radius 3 is 2.50 bits per heavy atom. The molecule has 14 heavy (non-hydrogen) atoms. The second-order valence-electron chi connectivity index (χ2n) is 3.43. The highest BCUT2D eigenvalue weighted by atomic mass is 19.4. The first-order chi connectivity index (χ1) is 6.50. The van der Waals surface area contributed by atoms with Crippen LogP contribution in [-0.2, 0) is 6.18 Å². The van der Waals surface area contributed by atoms with E-state index in [0.29, 0.717) is 5.56 Å². The van der Waals surface area contributed by atoms with Crippen LogP contribution in [0.5, 0.6) is 0 Å². The fourth-order valence-corrected chi connectivity index (χ4v) is 1.54. The fraction of sp³-hybridized carbons (Fsp3) is 0.444. The molecule has 0 atom stereocenters. The van der Waals surface area contributed by atoms with Gasteiger partial charge in [-0.3, -0.25) is 0 Å². The first-order valence-corrected chi connectivity index (χ1v) is 4.31. The maximum Gasteiger partial charge on any atom is 0.420 e. The van der Waals surface area contributed by atoms with Gasteiger partial charge in [0.1, 0.15) is 11.4 Å². The van der Waals surface area contributed by atoms with Crippen LogP contribution in [0.2, 0.25) is 0 Å². The van der Waals surface area contributed by atoms with Crippen molar-refractivity contribution in [3.05, 3.63) is 23.4 Å². The third-order valence-corrected chi connectivity index (χ3v) is 2.31. The smallest absolute Gasteiger partial charge is 0.383 e. The van der Waals surface area contributed by atoms with Gasteiger partial charge >= 0.3 is 6.18 Å². The second kappa shape index (κ2) is 2.87. The molecular formula is C9H9F3N2. The molecule has 0 spiro atoms. The molecule has 2 rings (SSSR count). The van der Waals surface area contributed by atoms with Crippen LogP contribution in [0.1, 0.15) is 29.9 Å². The molecule has 0 aliphatic heterocycles. The highest BCUT2D eigenvalue weighted by molar-refractivity contribution is 5.48. The van der Waals surface area contributed by atoms with Gasteiger partial charge < -0.3 is 5.73 Å². The van der Waals surface area contributed by atoms with Gasteiger partial charge in [-0.25, -0.2) is 4.98 Å². The van der Waals surface area contributed by atoms with Crippen LogP contribution < -0.4 is 5.73 Å². The van der Waals surface area contributed by atoms with E-state index in [9.17, 15) is 13.2 Å². The summed E-state index contributed by atoms with van der Waals surface area (Å²) in [6, 6.07) is 1.41. The number of pyridine rings is 1. The molecule has 0 bridgehead atoms. The number of alkyl halides is 3. The summed E-state index contributed by atoms with van der Waals surface area (Å²) >= 11 is 0. The van der Waals surface area contributed by atoms with E-state index in [2.05, 4.69) is 4.98 Å². The maximum absolute atomic E-state index is 12.6. The lowest BCUT2D eigenvalue weighted by Gasteiger charge is -2.13. The zero-order chi connectivity index (χ0) is 10.3. The lowest BCUT2D eigenvalue weighted by molar-refractivity contribution is -0.137. The molecular weight excluding hydrogens is 193 g/mol. The normalized spacial score (nSPS) is 17.1. The van der Waals surface area contributed by atoms with Gasteiger partial charge in [-0.2, -0.15) is 13.2 Å². The van der Waals surface area contributed by atoms with Gasteiger partial charge in [0.05, 0.1) is 0 Å². The highest BCUT2D eigenvalue weighted by Gasteiger charge is 2.40. The van der Waals surface area contributed by atoms with E-state index in [-0.39, 0.29) is 5.92 Å². The first-order valence-electron chi connectivity index (χ1n) is 4.31. The summed E-state index contributed by atoms with van der Waals surface area (Å²) in [6.45, 7) is 0. The van der Waals surface area contributed by atoms with Gasteiger partial charge in [0.25, 0.3) is 0 Å². The quantitative estimate of drug-likeness (QED) is 0.760. The van der Waals surface area contributed by atoms with E-state index in [0.717, 1.165) is 12.8 Å². The Balaban J connectivity index is 2.53. The van der Waals surface area contributed by atoms with E-state index >= 15 is 0 Å². The number of rotatable bonds is 1. The molecule has 1 fully saturated rings. The van der Waals surface area contributed by atoms with Crippen LogP contribution >= 0.6 is 0 Å². The Bertz CT molecular complexity index is 356. The number of nitrogen functional groups attached to an aromatic ring is 1. The van der Waals surface area contributed by atoms with Crippen LogP contribution in [-0.4, -0.2) is 4.98 Å². The molecule has 5 heteroatoms. The van der Waals surface area contributed by atoms with Crippen LogP contribution in [0.25, 0.3) is 0 Å². The van der Waals surface area contributed by atoms with Gasteiger partial charge in [0, 0.05) is 6.20 Å². The van der Waals surface area contributed by atoms with E-state index in [1.807, 2.05) is 0 Å². The molecule has 2 nitrogen and oxygen atoms in total. The number of nitrogens with two attached hydrogens (primary N) is 1. The third-order valence-electron chi connectivity index (χ3n) is 2.31. The van der Waals surface area contributed by atoms with Crippen molar-refractivity contribution in [2.75, 3.05) is 5.73 Å². The van der Waals surface area contributed by atoms with Gasteiger partial charge in [0.2, 0.25) is 0 Å². The van der Waals surface area contributed by atoms with Crippen LogP contribution in [0, 0.1) is 0 Å². The number of nitrogens with zero attached hydrogens (tertiary/aromatic N) is 1. The first kappa shape index (κ1) is 9.30. The number of hydrogen-bond acceptors (Lipinski definition) is 2. The average molecular weight is 202 g/mol. The van der Waals surface area contributed by atoms with Crippen molar-refractivity contribution in [2.24, 2.45) is 0 Å². The van der Waals surface area contributed by atoms with Crippen molar-refractivity contribution in [2.45, 2.75) is 24.9 Å². The molecule has 0 saturated heterocycles. The summed E-state index contributed by atoms with van der Waals surface area (Å²) in [7, 11) is 0. The summed E-state index contributed by atoms with van der Waals surface area (Å²) in [5.74, 6) is -0.390. The lowest BCUT2D eigenvalue weighted by atomic mass is 10.0. The van der Waals surface area contributed by atoms with E-state index < -0.39 is 17.6 Å². The summed E-state index contributed by atoms with van der Waals surface area (Å²) in [5.41, 5.74) is 4.79. The topological polar surface area (TPSA) is 38.9 Å². The van der Waals surface area contributed by atoms with E-state index in [1.165, 1.54) is 12.3 Å². The predicted molar refractivity (Wildman–Crippen MR) is 45.6 cm³/mol. The summed E-state index contributed by atoms with van der Waals surface area (Å²) in [4.78, 5) is 3.47. The molecule has 1 saturated carbocycles. The molecule has 0 aromatic carbocycles. The fourth-order valence-electron chi connectivity index (χ4n) is 1.54. The van der Waals surface area contributed by atoms with Gasteiger partial charge in [-0.1, -0.05) is 0 Å². The Morgan fingerprint density at radius 2 is 2.00 bits per heavy atom. The monoisotopic (exact) mass is 202 g/mol. The molecule has 1 aliphatic rings. The van der Waals surface area contributed by atoms with E-state index in [1.54, 1.807) is 0 Å². The number of anilines is 1. The summed E-state index contributed by atoms with van der Waals surface area (Å²) < 4.78 is 37.7. The van der Waals surface area contributed by atoms with Crippen molar-refractivity contribution >= 4 is 5.82 Å². The Hall–Kier alpha value is -1.26. The minimum Gasteiger partial charge on any atom is -0.383 e. The standard InChI is InChI=1S/C9H9F3N2/c10-9(11,12)7-6(5-1-2-5)3-4-14-8(7)13/h3-5H,1-2H2,(H2,13,14). The maximum atomic E-state index is 12.6. The number of hydrogen-bond donors (Lipinski definition) is 1. The molecule has 1 aromatic heterocycles. The lowest BCUT2D eigenvalue weighted by Crippen LogP contribution is -2.13. The van der Waals surface area contributed by atoms with Crippen molar-refractivity contribution in [3.8, 4) is 0 Å². The number of aromatic nitrogens is 1. The van der Waals surface area contributed by atoms with E-state index in [4.69, 9.17) is 5.73 Å². The minimum atomic E-state index is -4.39. The van der Waals surface area contributed by atoms with Crippen LogP contribution in [0.15, 0.2) is 12.3 Å². The molecule has 2 N–H and O–H groups in total. The van der Waals surface area contributed by atoms with Crippen molar-refractivity contribution in [1.82, 2.24) is 4.98 Å². The largest absolute Gasteiger partial charge is 0.420 e. The molecule has 1 heterocycles. The Kier molecular flexibility index (Phi) is 1.90. The van der Waals surface area contributed by atoms with Gasteiger partial charge in [0.15, 0.2) is 0 Å². The van der Waals surface area contributed by atoms with Gasteiger partial charge in [-0.15, -0.1) is 0 Å². The summed E-state index contributed by atoms with van der Waals surface area (Å²) in [5, 5.41) is 0. The molecule has 76 valence electrons. The minimum absolute atomic E-state index is 0.0249. The average Bonchev–Trinajstić information content (AvgIpc) is 2.83. The molecule has 0 radical (unpaired) electrons. The molecule has 0 unspecified atom stereocenters. The predicted octanol–water partition coefficient (Wildman–Crippen LogP) is 2.56. The highest BCUT2D eigenvalue weighted by Crippen LogP contribution is 2.46.